The summed E-state index contributed by atoms with van der Waals surface area (Å²) in [5.41, 5.74) is 13.9. The Hall–Kier alpha value is -7.24. The van der Waals surface area contributed by atoms with E-state index in [2.05, 4.69) is 150 Å². The van der Waals surface area contributed by atoms with Gasteiger partial charge in [0.1, 0.15) is 22.3 Å². The van der Waals surface area contributed by atoms with Gasteiger partial charge in [0.25, 0.3) is 6.71 Å². The van der Waals surface area contributed by atoms with Crippen LogP contribution in [-0.2, 0) is 0 Å². The van der Waals surface area contributed by atoms with Crippen LogP contribution in [0.3, 0.4) is 0 Å². The fourth-order valence-corrected chi connectivity index (χ4v) is 10.2. The summed E-state index contributed by atoms with van der Waals surface area (Å²) in [6.07, 6.45) is 0. The van der Waals surface area contributed by atoms with Gasteiger partial charge in [0.05, 0.1) is 22.1 Å². The molecule has 0 bridgehead atoms. The molecule has 2 aromatic heterocycles. The maximum atomic E-state index is 8.57. The predicted molar refractivity (Wildman–Crippen MR) is 240 cm³/mol. The fraction of sp³-hybridized carbons (Fsp3) is 0.0385. The molecule has 0 spiro atoms. The van der Waals surface area contributed by atoms with Gasteiger partial charge in [0.2, 0.25) is 0 Å². The van der Waals surface area contributed by atoms with E-state index in [0.717, 1.165) is 99.4 Å². The molecule has 0 aliphatic carbocycles. The van der Waals surface area contributed by atoms with Crippen LogP contribution in [0.2, 0.25) is 0 Å². The lowest BCUT2D eigenvalue weighted by Gasteiger charge is -2.45. The molecule has 13 rings (SSSR count). The Bertz CT molecular complexity index is 3630. The summed E-state index contributed by atoms with van der Waals surface area (Å²) >= 11 is 0. The first-order chi connectivity index (χ1) is 29.4. The molecular weight excluding hydrogens is 695 g/mol. The maximum Gasteiger partial charge on any atom is 0.253 e. The van der Waals surface area contributed by atoms with Crippen molar-refractivity contribution in [3.05, 3.63) is 175 Å². The number of rotatable bonds is 2. The van der Waals surface area contributed by atoms with Gasteiger partial charge < -0.3 is 18.6 Å². The van der Waals surface area contributed by atoms with E-state index in [9.17, 15) is 0 Å². The summed E-state index contributed by atoms with van der Waals surface area (Å²) < 4.78 is 39.6. The Balaban J connectivity index is 1.31. The van der Waals surface area contributed by atoms with Gasteiger partial charge in [0, 0.05) is 48.4 Å². The maximum absolute atomic E-state index is 8.57. The van der Waals surface area contributed by atoms with Gasteiger partial charge in [-0.3, -0.25) is 0 Å². The van der Waals surface area contributed by atoms with Crippen LogP contribution in [-0.4, -0.2) is 6.71 Å². The average Bonchev–Trinajstić information content (AvgIpc) is 3.87. The van der Waals surface area contributed by atoms with Crippen LogP contribution in [0, 0.1) is 13.8 Å². The molecule has 0 radical (unpaired) electrons. The molecule has 0 amide bonds. The van der Waals surface area contributed by atoms with Crippen LogP contribution < -0.4 is 26.2 Å². The van der Waals surface area contributed by atoms with E-state index in [4.69, 9.17) is 12.9 Å². The zero-order valence-electron chi connectivity index (χ0n) is 33.9. The number of hydrogen-bond donors (Lipinski definition) is 0. The van der Waals surface area contributed by atoms with E-state index in [-0.39, 0.29) is 12.3 Å². The minimum atomic E-state index is -2.37. The summed E-state index contributed by atoms with van der Waals surface area (Å²) in [4.78, 5) is 4.85. The molecular formula is C52H33BN2O2. The molecule has 2 aliphatic rings. The minimum absolute atomic E-state index is 0.204. The zero-order valence-corrected chi connectivity index (χ0v) is 30.9. The van der Waals surface area contributed by atoms with Crippen LogP contribution >= 0.6 is 0 Å². The number of aryl methyl sites for hydroxylation is 2. The molecule has 0 unspecified atom stereocenters. The Kier molecular flexibility index (Phi) is 5.53. The smallest absolute Gasteiger partial charge is 0.253 e. The number of fused-ring (bicyclic) bond motifs is 18. The van der Waals surface area contributed by atoms with Crippen LogP contribution in [0.1, 0.15) is 15.2 Å². The highest BCUT2D eigenvalue weighted by Crippen LogP contribution is 2.52. The normalized spacial score (nSPS) is 14.3. The Morgan fingerprint density at radius 2 is 0.825 bits per heavy atom. The van der Waals surface area contributed by atoms with Gasteiger partial charge in [-0.2, -0.15) is 0 Å². The predicted octanol–water partition coefficient (Wildman–Crippen LogP) is 12.5. The van der Waals surface area contributed by atoms with Gasteiger partial charge in [-0.15, -0.1) is 0 Å². The fourth-order valence-electron chi connectivity index (χ4n) is 10.2. The van der Waals surface area contributed by atoms with Crippen molar-refractivity contribution in [3.8, 4) is 0 Å². The van der Waals surface area contributed by atoms with Crippen molar-refractivity contribution < 1.29 is 12.9 Å². The minimum Gasteiger partial charge on any atom is -0.455 e. The van der Waals surface area contributed by atoms with Gasteiger partial charge in [0.15, 0.2) is 0 Å². The van der Waals surface area contributed by atoms with Crippen molar-refractivity contribution in [2.24, 2.45) is 0 Å². The van der Waals surface area contributed by atoms with Crippen LogP contribution in [0.5, 0.6) is 0 Å². The topological polar surface area (TPSA) is 32.8 Å². The van der Waals surface area contributed by atoms with Crippen molar-refractivity contribution >= 4 is 123 Å². The molecule has 0 N–H and O–H groups in total. The summed E-state index contributed by atoms with van der Waals surface area (Å²) in [6, 6.07) is 57.1. The first-order valence-corrected chi connectivity index (χ1v) is 19.5. The van der Waals surface area contributed by atoms with Crippen molar-refractivity contribution in [2.45, 2.75) is 13.8 Å². The number of hydrogen-bond acceptors (Lipinski definition) is 4. The molecule has 0 fully saturated rings. The zero-order chi connectivity index (χ0) is 40.0. The van der Waals surface area contributed by atoms with Crippen molar-refractivity contribution in [1.29, 1.82) is 0 Å². The number of benzene rings is 9. The van der Waals surface area contributed by atoms with Gasteiger partial charge in [-0.05, 0) is 88.5 Å². The highest BCUT2D eigenvalue weighted by atomic mass is 16.3. The number of furan rings is 2. The van der Waals surface area contributed by atoms with Crippen LogP contribution in [0.4, 0.5) is 34.1 Å². The molecule has 2 aliphatic heterocycles. The summed E-state index contributed by atoms with van der Waals surface area (Å²) in [7, 11) is 0. The first kappa shape index (κ1) is 28.2. The van der Waals surface area contributed by atoms with Gasteiger partial charge >= 0.3 is 0 Å². The van der Waals surface area contributed by atoms with Crippen molar-refractivity contribution in [3.63, 3.8) is 0 Å². The van der Waals surface area contributed by atoms with Gasteiger partial charge in [-0.25, -0.2) is 0 Å². The van der Waals surface area contributed by atoms with E-state index in [0.29, 0.717) is 11.2 Å². The van der Waals surface area contributed by atoms with E-state index < -0.39 is 6.85 Å². The molecule has 4 nitrogen and oxygen atoms in total. The second-order valence-electron chi connectivity index (χ2n) is 15.3. The molecule has 57 heavy (non-hydrogen) atoms. The highest BCUT2D eigenvalue weighted by Gasteiger charge is 2.47. The second kappa shape index (κ2) is 11.2. The molecule has 266 valence electrons. The molecule has 11 aromatic rings. The SMILES string of the molecule is [2H]C([2H])([2H])c1cccc2c1oc1c3ccccc3c3c(c21)N(c1ccccc1)c1cccc2c1B3c1c(c3c4cccc(C)c4oc3c3ccccc13)N2c1ccccc1. The third kappa shape index (κ3) is 3.93. The first-order valence-electron chi connectivity index (χ1n) is 21.0. The summed E-state index contributed by atoms with van der Waals surface area (Å²) in [5.74, 6) is 0. The molecule has 5 heteroatoms. The number of para-hydroxylation sites is 4. The summed E-state index contributed by atoms with van der Waals surface area (Å²) in [6.45, 7) is -0.506. The Morgan fingerprint density at radius 1 is 0.404 bits per heavy atom. The quantitative estimate of drug-likeness (QED) is 0.166. The molecule has 4 heterocycles. The molecule has 0 atom stereocenters. The number of nitrogens with zero attached hydrogens (tertiary/aromatic N) is 2. The van der Waals surface area contributed by atoms with E-state index in [1.54, 1.807) is 6.07 Å². The third-order valence-electron chi connectivity index (χ3n) is 12.4. The Labute approximate surface area is 333 Å². The lowest BCUT2D eigenvalue weighted by atomic mass is 9.32. The van der Waals surface area contributed by atoms with Crippen LogP contribution in [0.25, 0.3) is 65.4 Å². The average molecular weight is 732 g/mol. The van der Waals surface area contributed by atoms with E-state index in [1.165, 1.54) is 10.9 Å². The van der Waals surface area contributed by atoms with Gasteiger partial charge in [-0.1, -0.05) is 127 Å². The second-order valence-corrected chi connectivity index (χ2v) is 15.3. The lowest BCUT2D eigenvalue weighted by molar-refractivity contribution is 0.669. The van der Waals surface area contributed by atoms with E-state index in [1.807, 2.05) is 24.3 Å². The van der Waals surface area contributed by atoms with Crippen molar-refractivity contribution in [2.75, 3.05) is 9.80 Å². The van der Waals surface area contributed by atoms with E-state index >= 15 is 0 Å². The summed E-state index contributed by atoms with van der Waals surface area (Å²) in [5, 5.41) is 8.00. The highest BCUT2D eigenvalue weighted by molar-refractivity contribution is 7.03. The largest absolute Gasteiger partial charge is 0.455 e. The molecule has 9 aromatic carbocycles. The third-order valence-corrected chi connectivity index (χ3v) is 12.4. The molecule has 0 saturated heterocycles. The van der Waals surface area contributed by atoms with Crippen LogP contribution in [0.15, 0.2) is 173 Å². The number of anilines is 6. The lowest BCUT2D eigenvalue weighted by Crippen LogP contribution is -2.61. The standard InChI is InChI=1S/C52H33BN2O2/c1-30-16-13-26-38-42-47-44(34-22-9-11-24-36(34)51(42)56-49(30)38)53-45-35-23-10-12-25-37(35)52-43(39-27-14-17-31(2)50(39)57-52)48(45)55(33-20-7-4-8-21-33)41-29-15-28-40(46(41)53)54(47)32-18-5-3-6-19-32/h3-29H,1-2H3/i1D3. The molecule has 0 saturated carbocycles. The Morgan fingerprint density at radius 3 is 1.33 bits per heavy atom. The van der Waals surface area contributed by atoms with Crippen molar-refractivity contribution in [1.82, 2.24) is 0 Å². The monoisotopic (exact) mass is 731 g/mol.